The molecule has 1 fully saturated rings. The number of halogens is 2. The molecule has 0 unspecified atom stereocenters. The lowest BCUT2D eigenvalue weighted by molar-refractivity contribution is -0.157. The molecule has 1 heterocycles. The first-order chi connectivity index (χ1) is 12.8. The number of amides is 2. The van der Waals surface area contributed by atoms with E-state index in [9.17, 15) is 14.4 Å². The van der Waals surface area contributed by atoms with Crippen LogP contribution in [0.15, 0.2) is 18.2 Å². The van der Waals surface area contributed by atoms with Gasteiger partial charge in [0.1, 0.15) is 6.54 Å². The van der Waals surface area contributed by atoms with Gasteiger partial charge in [0.15, 0.2) is 6.10 Å². The van der Waals surface area contributed by atoms with E-state index < -0.39 is 18.0 Å². The van der Waals surface area contributed by atoms with Crippen LogP contribution < -0.4 is 5.32 Å². The second-order valence-electron chi connectivity index (χ2n) is 6.65. The number of benzene rings is 1. The van der Waals surface area contributed by atoms with Crippen LogP contribution in [0, 0.1) is 0 Å². The Morgan fingerprint density at radius 3 is 2.67 bits per heavy atom. The third-order valence-electron chi connectivity index (χ3n) is 4.46. The van der Waals surface area contributed by atoms with Crippen molar-refractivity contribution in [3.8, 4) is 0 Å². The van der Waals surface area contributed by atoms with Gasteiger partial charge >= 0.3 is 5.97 Å². The summed E-state index contributed by atoms with van der Waals surface area (Å²) >= 11 is 12.0. The first-order valence-electron chi connectivity index (χ1n) is 9.00. The molecule has 0 aromatic heterocycles. The van der Waals surface area contributed by atoms with Crippen LogP contribution in [0.1, 0.15) is 51.1 Å². The molecule has 2 atom stereocenters. The maximum Gasteiger partial charge on any atom is 0.326 e. The standard InChI is InChI=1S/C19H24Cl2N2O4/c1-12(15-8-7-14(20)10-16(15)21)22-19(26)13(2)27-18(25)11-23-9-5-3-4-6-17(23)24/h7-8,10,12-13H,3-6,9,11H2,1-2H3,(H,22,26)/t12-,13+/m1/s1. The Morgan fingerprint density at radius 1 is 1.22 bits per heavy atom. The van der Waals surface area contributed by atoms with Crippen LogP contribution in [0.25, 0.3) is 0 Å². The minimum absolute atomic E-state index is 0.0486. The Balaban J connectivity index is 1.86. The number of ether oxygens (including phenoxy) is 1. The predicted octanol–water partition coefficient (Wildman–Crippen LogP) is 3.50. The van der Waals surface area contributed by atoms with Gasteiger partial charge in [-0.25, -0.2) is 0 Å². The van der Waals surface area contributed by atoms with E-state index in [1.807, 2.05) is 0 Å². The Kier molecular flexibility index (Phi) is 7.92. The van der Waals surface area contributed by atoms with Crippen molar-refractivity contribution in [1.29, 1.82) is 0 Å². The molecule has 1 aliphatic rings. The van der Waals surface area contributed by atoms with Crippen molar-refractivity contribution in [2.24, 2.45) is 0 Å². The van der Waals surface area contributed by atoms with Gasteiger partial charge in [-0.15, -0.1) is 0 Å². The number of carbonyl (C=O) groups is 3. The van der Waals surface area contributed by atoms with Gasteiger partial charge < -0.3 is 15.0 Å². The van der Waals surface area contributed by atoms with E-state index >= 15 is 0 Å². The van der Waals surface area contributed by atoms with E-state index in [4.69, 9.17) is 27.9 Å². The minimum Gasteiger partial charge on any atom is -0.451 e. The van der Waals surface area contributed by atoms with Crippen LogP contribution in [0.5, 0.6) is 0 Å². The summed E-state index contributed by atoms with van der Waals surface area (Å²) in [5.41, 5.74) is 0.711. The zero-order chi connectivity index (χ0) is 20.0. The summed E-state index contributed by atoms with van der Waals surface area (Å²) in [6.45, 7) is 3.68. The van der Waals surface area contributed by atoms with Gasteiger partial charge in [0, 0.05) is 23.0 Å². The highest BCUT2D eigenvalue weighted by atomic mass is 35.5. The van der Waals surface area contributed by atoms with Crippen molar-refractivity contribution in [3.05, 3.63) is 33.8 Å². The molecule has 2 rings (SSSR count). The molecule has 1 aromatic carbocycles. The first kappa shape index (κ1) is 21.5. The molecule has 0 bridgehead atoms. The predicted molar refractivity (Wildman–Crippen MR) is 104 cm³/mol. The number of carbonyl (C=O) groups excluding carboxylic acids is 3. The number of nitrogens with one attached hydrogen (secondary N) is 1. The van der Waals surface area contributed by atoms with Crippen molar-refractivity contribution in [1.82, 2.24) is 10.2 Å². The zero-order valence-electron chi connectivity index (χ0n) is 15.5. The maximum atomic E-state index is 12.3. The SMILES string of the molecule is C[C@H](OC(=O)CN1CCCCCC1=O)C(=O)N[C@H](C)c1ccc(Cl)cc1Cl. The minimum atomic E-state index is -0.979. The van der Waals surface area contributed by atoms with Gasteiger partial charge in [-0.1, -0.05) is 35.7 Å². The second-order valence-corrected chi connectivity index (χ2v) is 7.50. The quantitative estimate of drug-likeness (QED) is 0.722. The average molecular weight is 415 g/mol. The highest BCUT2D eigenvalue weighted by molar-refractivity contribution is 6.35. The molecule has 1 aliphatic heterocycles. The van der Waals surface area contributed by atoms with E-state index in [2.05, 4.69) is 5.32 Å². The third-order valence-corrected chi connectivity index (χ3v) is 5.02. The molecule has 0 radical (unpaired) electrons. The number of esters is 1. The van der Waals surface area contributed by atoms with Crippen LogP contribution in [-0.2, 0) is 19.1 Å². The Morgan fingerprint density at radius 2 is 1.96 bits per heavy atom. The highest BCUT2D eigenvalue weighted by Gasteiger charge is 2.24. The Hall–Kier alpha value is -1.79. The summed E-state index contributed by atoms with van der Waals surface area (Å²) in [5.74, 6) is -1.08. The first-order valence-corrected chi connectivity index (χ1v) is 9.76. The van der Waals surface area contributed by atoms with Crippen molar-refractivity contribution in [3.63, 3.8) is 0 Å². The van der Waals surface area contributed by atoms with Crippen molar-refractivity contribution < 1.29 is 19.1 Å². The molecular formula is C19H24Cl2N2O4. The van der Waals surface area contributed by atoms with Gasteiger partial charge in [-0.05, 0) is 44.4 Å². The van der Waals surface area contributed by atoms with Gasteiger partial charge in [-0.2, -0.15) is 0 Å². The summed E-state index contributed by atoms with van der Waals surface area (Å²) < 4.78 is 5.19. The number of hydrogen-bond acceptors (Lipinski definition) is 4. The molecule has 8 heteroatoms. The summed E-state index contributed by atoms with van der Waals surface area (Å²) in [6.07, 6.45) is 2.15. The third kappa shape index (κ3) is 6.40. The maximum absolute atomic E-state index is 12.3. The average Bonchev–Trinajstić information content (AvgIpc) is 2.79. The Labute approximate surface area is 169 Å². The summed E-state index contributed by atoms with van der Waals surface area (Å²) in [6, 6.07) is 4.64. The zero-order valence-corrected chi connectivity index (χ0v) is 17.0. The van der Waals surface area contributed by atoms with Crippen molar-refractivity contribution in [2.75, 3.05) is 13.1 Å². The fourth-order valence-corrected chi connectivity index (χ4v) is 3.48. The van der Waals surface area contributed by atoms with E-state index in [1.165, 1.54) is 11.8 Å². The van der Waals surface area contributed by atoms with Gasteiger partial charge in [-0.3, -0.25) is 14.4 Å². The highest BCUT2D eigenvalue weighted by Crippen LogP contribution is 2.26. The summed E-state index contributed by atoms with van der Waals surface area (Å²) in [7, 11) is 0. The normalized spacial score (nSPS) is 17.0. The van der Waals surface area contributed by atoms with Crippen LogP contribution in [0.2, 0.25) is 10.0 Å². The molecule has 0 aliphatic carbocycles. The molecule has 0 saturated carbocycles. The largest absolute Gasteiger partial charge is 0.451 e. The van der Waals surface area contributed by atoms with Gasteiger partial charge in [0.25, 0.3) is 5.91 Å². The number of hydrogen-bond donors (Lipinski definition) is 1. The molecule has 0 spiro atoms. The van der Waals surface area contributed by atoms with E-state index in [1.54, 1.807) is 25.1 Å². The van der Waals surface area contributed by atoms with E-state index in [0.29, 0.717) is 28.6 Å². The lowest BCUT2D eigenvalue weighted by atomic mass is 10.1. The van der Waals surface area contributed by atoms with Crippen LogP contribution in [-0.4, -0.2) is 41.9 Å². The van der Waals surface area contributed by atoms with Crippen molar-refractivity contribution >= 4 is 41.0 Å². The Bertz CT molecular complexity index is 711. The second kappa shape index (κ2) is 9.95. The van der Waals surface area contributed by atoms with Crippen molar-refractivity contribution in [2.45, 2.75) is 51.7 Å². The lowest BCUT2D eigenvalue weighted by Gasteiger charge is -2.22. The van der Waals surface area contributed by atoms with Crippen LogP contribution in [0.3, 0.4) is 0 Å². The molecule has 1 aromatic rings. The summed E-state index contributed by atoms with van der Waals surface area (Å²) in [4.78, 5) is 37.9. The molecular weight excluding hydrogens is 391 g/mol. The van der Waals surface area contributed by atoms with Gasteiger partial charge in [0.2, 0.25) is 5.91 Å². The molecule has 148 valence electrons. The lowest BCUT2D eigenvalue weighted by Crippen LogP contribution is -2.41. The summed E-state index contributed by atoms with van der Waals surface area (Å²) in [5, 5.41) is 3.71. The molecule has 1 saturated heterocycles. The topological polar surface area (TPSA) is 75.7 Å². The van der Waals surface area contributed by atoms with E-state index in [0.717, 1.165) is 19.3 Å². The molecule has 1 N–H and O–H groups in total. The monoisotopic (exact) mass is 414 g/mol. The smallest absolute Gasteiger partial charge is 0.326 e. The number of nitrogens with zero attached hydrogens (tertiary/aromatic N) is 1. The van der Waals surface area contributed by atoms with Crippen LogP contribution >= 0.6 is 23.2 Å². The fraction of sp³-hybridized carbons (Fsp3) is 0.526. The van der Waals surface area contributed by atoms with Crippen LogP contribution in [0.4, 0.5) is 0 Å². The fourth-order valence-electron chi connectivity index (χ4n) is 2.91. The van der Waals surface area contributed by atoms with Gasteiger partial charge in [0.05, 0.1) is 6.04 Å². The molecule has 27 heavy (non-hydrogen) atoms. The molecule has 2 amide bonds. The number of rotatable bonds is 6. The van der Waals surface area contributed by atoms with E-state index in [-0.39, 0.29) is 18.5 Å². The number of likely N-dealkylation sites (tertiary alicyclic amines) is 1. The molecule has 6 nitrogen and oxygen atoms in total.